The maximum atomic E-state index is 13.8. The molecule has 20 heavy (non-hydrogen) atoms. The van der Waals surface area contributed by atoms with Crippen molar-refractivity contribution in [3.8, 4) is 5.75 Å². The van der Waals surface area contributed by atoms with Crippen LogP contribution in [0.1, 0.15) is 28.4 Å². The molecule has 0 amide bonds. The van der Waals surface area contributed by atoms with Crippen LogP contribution in [0.3, 0.4) is 0 Å². The Hall–Kier alpha value is -1.75. The van der Waals surface area contributed by atoms with E-state index in [0.29, 0.717) is 11.3 Å². The van der Waals surface area contributed by atoms with Crippen LogP contribution in [0.15, 0.2) is 40.9 Å². The predicted molar refractivity (Wildman–Crippen MR) is 72.8 cm³/mol. The number of fused-ring (bicyclic) bond motifs is 1. The summed E-state index contributed by atoms with van der Waals surface area (Å²) in [5.74, 6) is -1.68. The standard InChI is InChI=1S/C15H9BrF2O2/c16-8-4-5-13-10(6-8)12(19)7-14(20-13)9-2-1-3-11(17)15(9)18/h1-6,14H,7H2. The molecule has 102 valence electrons. The summed E-state index contributed by atoms with van der Waals surface area (Å²) in [7, 11) is 0. The molecule has 1 aliphatic rings. The highest BCUT2D eigenvalue weighted by Crippen LogP contribution is 2.37. The van der Waals surface area contributed by atoms with Crippen molar-refractivity contribution in [3.63, 3.8) is 0 Å². The Morgan fingerprint density at radius 3 is 2.80 bits per heavy atom. The molecule has 0 bridgehead atoms. The van der Waals surface area contributed by atoms with Crippen molar-refractivity contribution >= 4 is 21.7 Å². The lowest BCUT2D eigenvalue weighted by atomic mass is 9.96. The van der Waals surface area contributed by atoms with Gasteiger partial charge in [0.15, 0.2) is 17.4 Å². The van der Waals surface area contributed by atoms with Gasteiger partial charge in [0.05, 0.1) is 12.0 Å². The topological polar surface area (TPSA) is 26.3 Å². The number of ketones is 1. The first kappa shape index (κ1) is 13.2. The van der Waals surface area contributed by atoms with E-state index >= 15 is 0 Å². The van der Waals surface area contributed by atoms with E-state index in [4.69, 9.17) is 4.74 Å². The Morgan fingerprint density at radius 1 is 1.20 bits per heavy atom. The molecule has 1 unspecified atom stereocenters. The predicted octanol–water partition coefficient (Wildman–Crippen LogP) is 4.43. The van der Waals surface area contributed by atoms with Crippen LogP contribution in [-0.4, -0.2) is 5.78 Å². The fraction of sp³-hybridized carbons (Fsp3) is 0.133. The Labute approximate surface area is 122 Å². The number of carbonyl (C=O) groups excluding carboxylic acids is 1. The van der Waals surface area contributed by atoms with Crippen LogP contribution >= 0.6 is 15.9 Å². The smallest absolute Gasteiger partial charge is 0.170 e. The minimum atomic E-state index is -0.967. The number of hydrogen-bond acceptors (Lipinski definition) is 2. The number of Topliss-reactive ketones (excluding diaryl/α,β-unsaturated/α-hetero) is 1. The number of rotatable bonds is 1. The molecular weight excluding hydrogens is 330 g/mol. The normalized spacial score (nSPS) is 17.6. The van der Waals surface area contributed by atoms with Crippen molar-refractivity contribution in [1.29, 1.82) is 0 Å². The average molecular weight is 339 g/mol. The zero-order valence-corrected chi connectivity index (χ0v) is 11.8. The van der Waals surface area contributed by atoms with E-state index in [1.165, 1.54) is 12.1 Å². The van der Waals surface area contributed by atoms with Crippen LogP contribution in [0.25, 0.3) is 0 Å². The Balaban J connectivity index is 2.01. The van der Waals surface area contributed by atoms with Crippen LogP contribution in [0.2, 0.25) is 0 Å². The zero-order chi connectivity index (χ0) is 14.3. The first-order valence-corrected chi connectivity index (χ1v) is 6.79. The molecular formula is C15H9BrF2O2. The van der Waals surface area contributed by atoms with Crippen molar-refractivity contribution in [3.05, 3.63) is 63.6 Å². The van der Waals surface area contributed by atoms with Crippen LogP contribution in [0.5, 0.6) is 5.75 Å². The molecule has 0 aromatic heterocycles. The van der Waals surface area contributed by atoms with E-state index in [1.807, 2.05) is 0 Å². The van der Waals surface area contributed by atoms with Crippen molar-refractivity contribution < 1.29 is 18.3 Å². The lowest BCUT2D eigenvalue weighted by molar-refractivity contribution is 0.0844. The minimum absolute atomic E-state index is 0.0101. The Morgan fingerprint density at radius 2 is 2.00 bits per heavy atom. The monoisotopic (exact) mass is 338 g/mol. The summed E-state index contributed by atoms with van der Waals surface area (Å²) >= 11 is 3.28. The van der Waals surface area contributed by atoms with Crippen LogP contribution in [0.4, 0.5) is 8.78 Å². The second-order valence-corrected chi connectivity index (χ2v) is 5.43. The molecule has 3 rings (SSSR count). The highest BCUT2D eigenvalue weighted by atomic mass is 79.9. The summed E-state index contributed by atoms with van der Waals surface area (Å²) in [5, 5.41) is 0. The second-order valence-electron chi connectivity index (χ2n) is 4.52. The first-order valence-electron chi connectivity index (χ1n) is 5.99. The molecule has 2 nitrogen and oxygen atoms in total. The fourth-order valence-electron chi connectivity index (χ4n) is 2.24. The van der Waals surface area contributed by atoms with Gasteiger partial charge in [-0.2, -0.15) is 0 Å². The molecule has 2 aromatic carbocycles. The van der Waals surface area contributed by atoms with Crippen molar-refractivity contribution in [2.24, 2.45) is 0 Å². The number of halogens is 3. The molecule has 0 spiro atoms. The van der Waals surface area contributed by atoms with Gasteiger partial charge in [-0.15, -0.1) is 0 Å². The summed E-state index contributed by atoms with van der Waals surface area (Å²) < 4.78 is 33.4. The van der Waals surface area contributed by atoms with Gasteiger partial charge in [0.2, 0.25) is 0 Å². The Bertz CT molecular complexity index is 700. The SMILES string of the molecule is O=C1CC(c2cccc(F)c2F)Oc2ccc(Br)cc21. The Kier molecular flexibility index (Phi) is 3.30. The summed E-state index contributed by atoms with van der Waals surface area (Å²) in [6.45, 7) is 0. The third-order valence-corrected chi connectivity index (χ3v) is 3.70. The van der Waals surface area contributed by atoms with Crippen LogP contribution < -0.4 is 4.74 Å². The molecule has 1 aliphatic heterocycles. The summed E-state index contributed by atoms with van der Waals surface area (Å²) in [6.07, 6.45) is -0.809. The van der Waals surface area contributed by atoms with Gasteiger partial charge < -0.3 is 4.74 Å². The maximum Gasteiger partial charge on any atom is 0.170 e. The molecule has 0 radical (unpaired) electrons. The van der Waals surface area contributed by atoms with Gasteiger partial charge in [0.25, 0.3) is 0 Å². The molecule has 0 fully saturated rings. The molecule has 0 aliphatic carbocycles. The van der Waals surface area contributed by atoms with Gasteiger partial charge in [0.1, 0.15) is 11.9 Å². The largest absolute Gasteiger partial charge is 0.484 e. The lowest BCUT2D eigenvalue weighted by Crippen LogP contribution is -2.21. The highest BCUT2D eigenvalue weighted by Gasteiger charge is 2.30. The van der Waals surface area contributed by atoms with Gasteiger partial charge >= 0.3 is 0 Å². The van der Waals surface area contributed by atoms with E-state index in [2.05, 4.69) is 15.9 Å². The quantitative estimate of drug-likeness (QED) is 0.768. The van der Waals surface area contributed by atoms with Crippen molar-refractivity contribution in [2.75, 3.05) is 0 Å². The molecule has 0 saturated heterocycles. The van der Waals surface area contributed by atoms with E-state index in [-0.39, 0.29) is 17.8 Å². The van der Waals surface area contributed by atoms with Gasteiger partial charge in [-0.3, -0.25) is 4.79 Å². The third-order valence-electron chi connectivity index (χ3n) is 3.21. The first-order chi connectivity index (χ1) is 9.56. The van der Waals surface area contributed by atoms with E-state index in [0.717, 1.165) is 10.5 Å². The van der Waals surface area contributed by atoms with E-state index in [9.17, 15) is 13.6 Å². The van der Waals surface area contributed by atoms with Crippen LogP contribution in [0, 0.1) is 11.6 Å². The number of benzene rings is 2. The van der Waals surface area contributed by atoms with Crippen LogP contribution in [-0.2, 0) is 0 Å². The number of carbonyl (C=O) groups is 1. The molecule has 1 heterocycles. The lowest BCUT2D eigenvalue weighted by Gasteiger charge is -2.26. The zero-order valence-electron chi connectivity index (χ0n) is 10.2. The van der Waals surface area contributed by atoms with Gasteiger partial charge in [-0.1, -0.05) is 28.1 Å². The van der Waals surface area contributed by atoms with Gasteiger partial charge in [0, 0.05) is 10.0 Å². The number of hydrogen-bond donors (Lipinski definition) is 0. The van der Waals surface area contributed by atoms with Gasteiger partial charge in [-0.25, -0.2) is 8.78 Å². The maximum absolute atomic E-state index is 13.8. The minimum Gasteiger partial charge on any atom is -0.484 e. The molecule has 0 saturated carbocycles. The summed E-state index contributed by atoms with van der Waals surface area (Å²) in [4.78, 5) is 12.1. The molecule has 2 aromatic rings. The molecule has 1 atom stereocenters. The van der Waals surface area contributed by atoms with E-state index < -0.39 is 17.7 Å². The molecule has 0 N–H and O–H groups in total. The fourth-order valence-corrected chi connectivity index (χ4v) is 2.60. The molecule has 5 heteroatoms. The number of ether oxygens (including phenoxy) is 1. The highest BCUT2D eigenvalue weighted by molar-refractivity contribution is 9.10. The van der Waals surface area contributed by atoms with Crippen molar-refractivity contribution in [2.45, 2.75) is 12.5 Å². The van der Waals surface area contributed by atoms with E-state index in [1.54, 1.807) is 18.2 Å². The van der Waals surface area contributed by atoms with Gasteiger partial charge in [-0.05, 0) is 24.3 Å². The summed E-state index contributed by atoms with van der Waals surface area (Å²) in [5.41, 5.74) is 0.513. The van der Waals surface area contributed by atoms with Crippen molar-refractivity contribution in [1.82, 2.24) is 0 Å². The average Bonchev–Trinajstić information content (AvgIpc) is 2.42. The summed E-state index contributed by atoms with van der Waals surface area (Å²) in [6, 6.07) is 8.90. The third kappa shape index (κ3) is 2.22. The second kappa shape index (κ2) is 4.98.